The van der Waals surface area contributed by atoms with E-state index in [1.807, 2.05) is 6.92 Å². The second-order valence-electron chi connectivity index (χ2n) is 3.32. The Kier molecular flexibility index (Phi) is 5.43. The molecule has 0 aromatic rings. The molecule has 0 aliphatic heterocycles. The average Bonchev–Trinajstić information content (AvgIpc) is 1.21. The topological polar surface area (TPSA) is 20.2 Å². The van der Waals surface area contributed by atoms with Gasteiger partial charge >= 0.3 is 0 Å². The average molecular weight is 154 g/mol. The van der Waals surface area contributed by atoms with Gasteiger partial charge in [0.15, 0.2) is 0 Å². The van der Waals surface area contributed by atoms with E-state index in [9.17, 15) is 0 Å². The van der Waals surface area contributed by atoms with Crippen LogP contribution in [0.25, 0.3) is 0 Å². The Hall–Kier alpha value is 0.210. The van der Waals surface area contributed by atoms with Crippen LogP contribution in [0.1, 0.15) is 6.92 Å². The largest absolute Gasteiger partial charge is 1.00 e. The molecule has 0 fully saturated rings. The molecule has 0 amide bonds. The minimum atomic E-state index is -0.185. The van der Waals surface area contributed by atoms with Crippen molar-refractivity contribution in [1.82, 2.24) is 0 Å². The molecule has 3 heteroatoms. The van der Waals surface area contributed by atoms with Gasteiger partial charge in [-0.05, 0) is 6.92 Å². The Morgan fingerprint density at radius 2 is 1.67 bits per heavy atom. The van der Waals surface area contributed by atoms with Crippen molar-refractivity contribution in [3.05, 3.63) is 0 Å². The van der Waals surface area contributed by atoms with E-state index >= 15 is 0 Å². The summed E-state index contributed by atoms with van der Waals surface area (Å²) in [5.41, 5.74) is 0. The molecule has 0 saturated heterocycles. The van der Waals surface area contributed by atoms with Gasteiger partial charge in [0.25, 0.3) is 0 Å². The maximum atomic E-state index is 8.87. The molecular weight excluding hydrogens is 138 g/mol. The molecule has 58 valence electrons. The molecule has 1 atom stereocenters. The maximum Gasteiger partial charge on any atom is 0.104 e. The van der Waals surface area contributed by atoms with Crippen LogP contribution in [0.4, 0.5) is 0 Å². The third-order valence-corrected chi connectivity index (χ3v) is 0.812. The monoisotopic (exact) mass is 153 g/mol. The predicted molar refractivity (Wildman–Crippen MR) is 34.6 cm³/mol. The summed E-state index contributed by atoms with van der Waals surface area (Å²) in [6.07, 6.45) is -0.185. The van der Waals surface area contributed by atoms with Crippen molar-refractivity contribution in [1.29, 1.82) is 0 Å². The van der Waals surface area contributed by atoms with Crippen LogP contribution in [0, 0.1) is 0 Å². The Bertz CT molecular complexity index is 67.9. The summed E-state index contributed by atoms with van der Waals surface area (Å²) in [5, 5.41) is 8.87. The molecule has 0 rings (SSSR count). The zero-order valence-corrected chi connectivity index (χ0v) is 7.31. The Morgan fingerprint density at radius 3 is 1.67 bits per heavy atom. The van der Waals surface area contributed by atoms with Gasteiger partial charge in [-0.25, -0.2) is 0 Å². The third-order valence-electron chi connectivity index (χ3n) is 0.812. The molecule has 0 spiro atoms. The molecule has 0 radical (unpaired) electrons. The van der Waals surface area contributed by atoms with Gasteiger partial charge in [0.05, 0.1) is 21.1 Å². The number of quaternary nitrogens is 1. The highest BCUT2D eigenvalue weighted by molar-refractivity contribution is 4.39. The zero-order chi connectivity index (χ0) is 6.78. The fraction of sp³-hybridized carbons (Fsp3) is 1.00. The minimum Gasteiger partial charge on any atom is -1.00 e. The number of hydrogen-bond donors (Lipinski definition) is 1. The number of rotatable bonds is 2. The van der Waals surface area contributed by atoms with Crippen LogP contribution in [0.3, 0.4) is 0 Å². The number of halogens is 1. The standard InChI is InChI=1S/C6H16NO.ClH/c1-6(8)5-7(2,3)4;/h6,8H,5H2,1-4H3;1H/q+1;/p-1. The second-order valence-corrected chi connectivity index (χ2v) is 3.32. The van der Waals surface area contributed by atoms with Crippen LogP contribution in [0.5, 0.6) is 0 Å². The zero-order valence-electron chi connectivity index (χ0n) is 6.56. The number of nitrogens with zero attached hydrogens (tertiary/aromatic N) is 1. The highest BCUT2D eigenvalue weighted by atomic mass is 35.5. The molecular formula is C6H16ClNO. The lowest BCUT2D eigenvalue weighted by atomic mass is 10.3. The molecule has 0 aromatic heterocycles. The Balaban J connectivity index is 0. The van der Waals surface area contributed by atoms with E-state index in [1.165, 1.54) is 0 Å². The lowest BCUT2D eigenvalue weighted by Crippen LogP contribution is -3.00. The van der Waals surface area contributed by atoms with Crippen LogP contribution in [0.15, 0.2) is 0 Å². The molecule has 0 bridgehead atoms. The van der Waals surface area contributed by atoms with Crippen molar-refractivity contribution in [2.24, 2.45) is 0 Å². The summed E-state index contributed by atoms with van der Waals surface area (Å²) < 4.78 is 0.831. The second kappa shape index (κ2) is 4.09. The van der Waals surface area contributed by atoms with Gasteiger partial charge in [0, 0.05) is 0 Å². The first-order chi connectivity index (χ1) is 3.42. The lowest BCUT2D eigenvalue weighted by Gasteiger charge is -2.24. The Morgan fingerprint density at radius 1 is 1.33 bits per heavy atom. The molecule has 0 aliphatic rings. The van der Waals surface area contributed by atoms with Gasteiger partial charge in [-0.3, -0.25) is 0 Å². The van der Waals surface area contributed by atoms with Crippen molar-refractivity contribution < 1.29 is 22.0 Å². The first kappa shape index (κ1) is 11.9. The highest BCUT2D eigenvalue weighted by Crippen LogP contribution is 1.92. The van der Waals surface area contributed by atoms with Crippen LogP contribution < -0.4 is 12.4 Å². The van der Waals surface area contributed by atoms with E-state index in [1.54, 1.807) is 0 Å². The van der Waals surface area contributed by atoms with E-state index in [0.29, 0.717) is 0 Å². The van der Waals surface area contributed by atoms with E-state index in [2.05, 4.69) is 21.1 Å². The fourth-order valence-corrected chi connectivity index (χ4v) is 0.793. The van der Waals surface area contributed by atoms with Gasteiger partial charge in [0.2, 0.25) is 0 Å². The van der Waals surface area contributed by atoms with Gasteiger partial charge in [0.1, 0.15) is 12.6 Å². The molecule has 2 nitrogen and oxygen atoms in total. The van der Waals surface area contributed by atoms with E-state index in [0.717, 1.165) is 11.0 Å². The van der Waals surface area contributed by atoms with E-state index < -0.39 is 0 Å². The van der Waals surface area contributed by atoms with Crippen molar-refractivity contribution in [2.45, 2.75) is 13.0 Å². The van der Waals surface area contributed by atoms with E-state index in [4.69, 9.17) is 5.11 Å². The summed E-state index contributed by atoms with van der Waals surface area (Å²) in [5.74, 6) is 0. The smallest absolute Gasteiger partial charge is 0.104 e. The summed E-state index contributed by atoms with van der Waals surface area (Å²) in [6.45, 7) is 2.63. The van der Waals surface area contributed by atoms with Crippen LogP contribution in [0.2, 0.25) is 0 Å². The van der Waals surface area contributed by atoms with Crippen LogP contribution in [-0.4, -0.2) is 43.4 Å². The quantitative estimate of drug-likeness (QED) is 0.422. The Labute approximate surface area is 63.5 Å². The van der Waals surface area contributed by atoms with Gasteiger partial charge in [-0.2, -0.15) is 0 Å². The van der Waals surface area contributed by atoms with Gasteiger partial charge in [-0.15, -0.1) is 0 Å². The lowest BCUT2D eigenvalue weighted by molar-refractivity contribution is -0.873. The normalized spacial score (nSPS) is 14.3. The maximum absolute atomic E-state index is 8.87. The van der Waals surface area contributed by atoms with Crippen LogP contribution >= 0.6 is 0 Å². The molecule has 1 unspecified atom stereocenters. The summed E-state index contributed by atoms with van der Waals surface area (Å²) in [4.78, 5) is 0. The molecule has 0 aliphatic carbocycles. The number of likely N-dealkylation sites (N-methyl/N-ethyl adjacent to an activating group) is 1. The highest BCUT2D eigenvalue weighted by Gasteiger charge is 2.09. The molecule has 1 N–H and O–H groups in total. The SMILES string of the molecule is CC(O)C[N+](C)(C)C.[Cl-]. The molecule has 0 heterocycles. The summed E-state index contributed by atoms with van der Waals surface area (Å²) >= 11 is 0. The van der Waals surface area contributed by atoms with Crippen molar-refractivity contribution in [3.63, 3.8) is 0 Å². The van der Waals surface area contributed by atoms with Gasteiger partial charge < -0.3 is 22.0 Å². The molecule has 0 saturated carbocycles. The first-order valence-corrected chi connectivity index (χ1v) is 2.90. The van der Waals surface area contributed by atoms with Crippen LogP contribution in [-0.2, 0) is 0 Å². The first-order valence-electron chi connectivity index (χ1n) is 2.90. The summed E-state index contributed by atoms with van der Waals surface area (Å²) in [7, 11) is 6.19. The minimum absolute atomic E-state index is 0. The molecule has 9 heavy (non-hydrogen) atoms. The molecule has 0 aromatic carbocycles. The fourth-order valence-electron chi connectivity index (χ4n) is 0.793. The van der Waals surface area contributed by atoms with Crippen molar-refractivity contribution in [3.8, 4) is 0 Å². The number of aliphatic hydroxyl groups is 1. The van der Waals surface area contributed by atoms with Crippen molar-refractivity contribution >= 4 is 0 Å². The summed E-state index contributed by atoms with van der Waals surface area (Å²) in [6, 6.07) is 0. The number of hydrogen-bond acceptors (Lipinski definition) is 1. The predicted octanol–water partition coefficient (Wildman–Crippen LogP) is -2.92. The van der Waals surface area contributed by atoms with Crippen molar-refractivity contribution in [2.75, 3.05) is 27.7 Å². The van der Waals surface area contributed by atoms with Gasteiger partial charge in [-0.1, -0.05) is 0 Å². The number of aliphatic hydroxyl groups excluding tert-OH is 1. The third kappa shape index (κ3) is 11.7. The van der Waals surface area contributed by atoms with E-state index in [-0.39, 0.29) is 18.5 Å².